The van der Waals surface area contributed by atoms with E-state index in [9.17, 15) is 4.79 Å². The summed E-state index contributed by atoms with van der Waals surface area (Å²) in [6.45, 7) is 2.05. The molecule has 0 saturated carbocycles. The van der Waals surface area contributed by atoms with Crippen molar-refractivity contribution in [1.29, 1.82) is 0 Å². The molecule has 2 heteroatoms. The molecule has 53 valence electrons. The topological polar surface area (TPSA) is 37.3 Å². The molecule has 0 spiro atoms. The van der Waals surface area contributed by atoms with E-state index in [2.05, 4.69) is 6.92 Å². The van der Waals surface area contributed by atoms with E-state index in [1.54, 1.807) is 6.29 Å². The third kappa shape index (κ3) is 5.50. The third-order valence-corrected chi connectivity index (χ3v) is 1.21. The fourth-order valence-electron chi connectivity index (χ4n) is 0.638. The van der Waals surface area contributed by atoms with Crippen molar-refractivity contribution in [2.45, 2.75) is 38.7 Å². The predicted octanol–water partition coefficient (Wildman–Crippen LogP) is 1.04. The standard InChI is InChI=1S/C7H13O2/c1-2-3-4-7(9)5-6-8/h7,9H,2-5H2,1H3/t7-/m1/s1. The molecule has 0 aromatic heterocycles. The normalized spacial score (nSPS) is 13.1. The van der Waals surface area contributed by atoms with Crippen molar-refractivity contribution >= 4 is 6.29 Å². The van der Waals surface area contributed by atoms with Gasteiger partial charge >= 0.3 is 0 Å². The van der Waals surface area contributed by atoms with Gasteiger partial charge in [0.05, 0.1) is 6.10 Å². The van der Waals surface area contributed by atoms with Crippen LogP contribution in [-0.4, -0.2) is 17.5 Å². The van der Waals surface area contributed by atoms with Crippen molar-refractivity contribution in [1.82, 2.24) is 0 Å². The zero-order valence-electron chi connectivity index (χ0n) is 5.76. The molecular weight excluding hydrogens is 116 g/mol. The number of aliphatic hydroxyl groups excluding tert-OH is 1. The Kier molecular flexibility index (Phi) is 5.52. The molecule has 0 aromatic rings. The molecule has 0 aliphatic carbocycles. The van der Waals surface area contributed by atoms with Gasteiger partial charge in [0, 0.05) is 6.42 Å². The molecule has 0 aromatic carbocycles. The van der Waals surface area contributed by atoms with Crippen molar-refractivity contribution in [3.8, 4) is 0 Å². The molecule has 0 rings (SSSR count). The lowest BCUT2D eigenvalue weighted by molar-refractivity contribution is 0.168. The molecule has 2 nitrogen and oxygen atoms in total. The Bertz CT molecular complexity index is 71.3. The zero-order chi connectivity index (χ0) is 7.11. The van der Waals surface area contributed by atoms with E-state index in [1.165, 1.54) is 0 Å². The Morgan fingerprint density at radius 1 is 1.67 bits per heavy atom. The molecular formula is C7H13O2. The highest BCUT2D eigenvalue weighted by Crippen LogP contribution is 2.01. The van der Waals surface area contributed by atoms with Crippen LogP contribution in [0.3, 0.4) is 0 Å². The first-order valence-corrected chi connectivity index (χ1v) is 3.34. The number of rotatable bonds is 5. The van der Waals surface area contributed by atoms with Crippen molar-refractivity contribution in [2.24, 2.45) is 0 Å². The molecule has 9 heavy (non-hydrogen) atoms. The molecule has 0 aliphatic heterocycles. The van der Waals surface area contributed by atoms with Crippen LogP contribution in [-0.2, 0) is 4.79 Å². The summed E-state index contributed by atoms with van der Waals surface area (Å²) in [5, 5.41) is 8.92. The van der Waals surface area contributed by atoms with Gasteiger partial charge in [0.1, 0.15) is 0 Å². The Morgan fingerprint density at radius 3 is 2.78 bits per heavy atom. The van der Waals surface area contributed by atoms with Crippen LogP contribution < -0.4 is 0 Å². The monoisotopic (exact) mass is 129 g/mol. The smallest absolute Gasteiger partial charge is 0.201 e. The first-order chi connectivity index (χ1) is 4.31. The molecule has 0 bridgehead atoms. The van der Waals surface area contributed by atoms with Crippen LogP contribution in [0.1, 0.15) is 32.6 Å². The number of hydrogen-bond donors (Lipinski definition) is 1. The van der Waals surface area contributed by atoms with Crippen molar-refractivity contribution in [3.63, 3.8) is 0 Å². The average molecular weight is 129 g/mol. The van der Waals surface area contributed by atoms with E-state index in [0.29, 0.717) is 0 Å². The molecule has 1 atom stereocenters. The van der Waals surface area contributed by atoms with Gasteiger partial charge in [0.15, 0.2) is 0 Å². The van der Waals surface area contributed by atoms with Gasteiger partial charge < -0.3 is 5.11 Å². The minimum absolute atomic E-state index is 0.167. The maximum atomic E-state index is 9.69. The predicted molar refractivity (Wildman–Crippen MR) is 35.8 cm³/mol. The molecule has 0 aliphatic rings. The summed E-state index contributed by atoms with van der Waals surface area (Å²) in [5.74, 6) is 0. The molecule has 1 radical (unpaired) electrons. The first kappa shape index (κ1) is 8.63. The highest BCUT2D eigenvalue weighted by molar-refractivity contribution is 5.51. The lowest BCUT2D eigenvalue weighted by Crippen LogP contribution is -2.05. The number of hydrogen-bond acceptors (Lipinski definition) is 2. The minimum Gasteiger partial charge on any atom is -0.393 e. The van der Waals surface area contributed by atoms with E-state index in [1.807, 2.05) is 0 Å². The Hall–Kier alpha value is -0.370. The van der Waals surface area contributed by atoms with Crippen LogP contribution in [0.2, 0.25) is 0 Å². The van der Waals surface area contributed by atoms with Crippen molar-refractivity contribution in [3.05, 3.63) is 0 Å². The second-order valence-electron chi connectivity index (χ2n) is 2.14. The SMILES string of the molecule is CCCC[C@@H](O)C[C]=O. The van der Waals surface area contributed by atoms with E-state index in [-0.39, 0.29) is 6.42 Å². The maximum Gasteiger partial charge on any atom is 0.201 e. The van der Waals surface area contributed by atoms with Crippen LogP contribution in [0.25, 0.3) is 0 Å². The zero-order valence-corrected chi connectivity index (χ0v) is 5.76. The van der Waals surface area contributed by atoms with Gasteiger partial charge in [0.2, 0.25) is 6.29 Å². The average Bonchev–Trinajstić information content (AvgIpc) is 1.85. The second kappa shape index (κ2) is 5.76. The molecule has 0 saturated heterocycles. The number of aliphatic hydroxyl groups is 1. The highest BCUT2D eigenvalue weighted by Gasteiger charge is 2.00. The van der Waals surface area contributed by atoms with Crippen LogP contribution in [0.5, 0.6) is 0 Å². The minimum atomic E-state index is -0.456. The van der Waals surface area contributed by atoms with Gasteiger partial charge in [-0.1, -0.05) is 19.8 Å². The summed E-state index contributed by atoms with van der Waals surface area (Å²) in [7, 11) is 0. The van der Waals surface area contributed by atoms with E-state index < -0.39 is 6.10 Å². The summed E-state index contributed by atoms with van der Waals surface area (Å²) in [5.41, 5.74) is 0. The number of carbonyl (C=O) groups excluding carboxylic acids is 1. The number of unbranched alkanes of at least 4 members (excludes halogenated alkanes) is 1. The fraction of sp³-hybridized carbons (Fsp3) is 0.857. The largest absolute Gasteiger partial charge is 0.393 e. The Balaban J connectivity index is 3.04. The molecule has 0 fully saturated rings. The summed E-state index contributed by atoms with van der Waals surface area (Å²) >= 11 is 0. The Labute approximate surface area is 55.9 Å². The molecule has 0 unspecified atom stereocenters. The van der Waals surface area contributed by atoms with Gasteiger partial charge in [-0.05, 0) is 6.42 Å². The summed E-state index contributed by atoms with van der Waals surface area (Å²) in [6, 6.07) is 0. The van der Waals surface area contributed by atoms with E-state index >= 15 is 0 Å². The van der Waals surface area contributed by atoms with Crippen LogP contribution in [0, 0.1) is 0 Å². The van der Waals surface area contributed by atoms with Gasteiger partial charge in [-0.2, -0.15) is 0 Å². The van der Waals surface area contributed by atoms with Crippen LogP contribution in [0.15, 0.2) is 0 Å². The summed E-state index contributed by atoms with van der Waals surface area (Å²) < 4.78 is 0. The quantitative estimate of drug-likeness (QED) is 0.602. The van der Waals surface area contributed by atoms with Gasteiger partial charge in [-0.3, -0.25) is 4.79 Å². The lowest BCUT2D eigenvalue weighted by Gasteiger charge is -2.02. The fourth-order valence-corrected chi connectivity index (χ4v) is 0.638. The van der Waals surface area contributed by atoms with Crippen molar-refractivity contribution < 1.29 is 9.90 Å². The van der Waals surface area contributed by atoms with Gasteiger partial charge in [-0.25, -0.2) is 0 Å². The Morgan fingerprint density at radius 2 is 2.33 bits per heavy atom. The van der Waals surface area contributed by atoms with E-state index in [0.717, 1.165) is 19.3 Å². The van der Waals surface area contributed by atoms with Crippen LogP contribution >= 0.6 is 0 Å². The summed E-state index contributed by atoms with van der Waals surface area (Å²) in [4.78, 5) is 9.69. The second-order valence-corrected chi connectivity index (χ2v) is 2.14. The lowest BCUT2D eigenvalue weighted by atomic mass is 10.1. The third-order valence-electron chi connectivity index (χ3n) is 1.21. The highest BCUT2D eigenvalue weighted by atomic mass is 16.3. The molecule has 0 heterocycles. The molecule has 1 N–H and O–H groups in total. The molecule has 0 amide bonds. The first-order valence-electron chi connectivity index (χ1n) is 3.34. The van der Waals surface area contributed by atoms with E-state index in [4.69, 9.17) is 5.11 Å². The van der Waals surface area contributed by atoms with Crippen molar-refractivity contribution in [2.75, 3.05) is 0 Å². The summed E-state index contributed by atoms with van der Waals surface area (Å²) in [6.07, 6.45) is 4.17. The van der Waals surface area contributed by atoms with Gasteiger partial charge in [-0.15, -0.1) is 0 Å². The van der Waals surface area contributed by atoms with Gasteiger partial charge in [0.25, 0.3) is 0 Å². The maximum absolute atomic E-state index is 9.69. The van der Waals surface area contributed by atoms with Crippen LogP contribution in [0.4, 0.5) is 0 Å².